The van der Waals surface area contributed by atoms with Gasteiger partial charge in [-0.3, -0.25) is 4.79 Å². The van der Waals surface area contributed by atoms with Crippen LogP contribution in [0.1, 0.15) is 0 Å². The maximum atomic E-state index is 12.3. The molecule has 1 amide bonds. The second-order valence-electron chi connectivity index (χ2n) is 9.73. The van der Waals surface area contributed by atoms with E-state index in [9.17, 15) is 4.79 Å². The van der Waals surface area contributed by atoms with Crippen LogP contribution in [0, 0.1) is 5.41 Å². The van der Waals surface area contributed by atoms with E-state index < -0.39 is 0 Å². The molecule has 0 atom stereocenters. The Morgan fingerprint density at radius 2 is 2.00 bits per heavy atom. The highest BCUT2D eigenvalue weighted by Crippen LogP contribution is 2.46. The zero-order chi connectivity index (χ0) is 26.6. The molecule has 196 valence electrons. The lowest BCUT2D eigenvalue weighted by Gasteiger charge is -2.56. The van der Waals surface area contributed by atoms with Crippen molar-refractivity contribution >= 4 is 61.5 Å². The van der Waals surface area contributed by atoms with Gasteiger partial charge in [-0.05, 0) is 35.7 Å². The number of carbonyl (C=O) groups excluding carboxylic acids is 1. The minimum absolute atomic E-state index is 0.204. The first-order valence-electron chi connectivity index (χ1n) is 12.4. The second-order valence-corrected chi connectivity index (χ2v) is 10.6. The van der Waals surface area contributed by atoms with Gasteiger partial charge >= 0.3 is 0 Å². The van der Waals surface area contributed by atoms with Crippen LogP contribution in [0.15, 0.2) is 60.5 Å². The molecule has 2 aliphatic heterocycles. The Balaban J connectivity index is 1.29. The van der Waals surface area contributed by atoms with Crippen molar-refractivity contribution < 1.29 is 14.3 Å². The molecule has 7 rings (SSSR count). The zero-order valence-electron chi connectivity index (χ0n) is 21.0. The molecule has 0 bridgehead atoms. The van der Waals surface area contributed by atoms with Crippen molar-refractivity contribution in [1.82, 2.24) is 25.0 Å². The first-order chi connectivity index (χ1) is 19.1. The predicted octanol–water partition coefficient (Wildman–Crippen LogP) is 4.14. The summed E-state index contributed by atoms with van der Waals surface area (Å²) in [6.45, 7) is 6.84. The molecule has 2 aromatic carbocycles. The molecule has 0 unspecified atom stereocenters. The SMILES string of the molecule is C=CC(=O)Nc1cc(Nc2nc(-n3nnc4ccccc43)c3sccc3n2)c(OC)cc1N1CC2(COC2)C1. The van der Waals surface area contributed by atoms with Crippen LogP contribution in [0.4, 0.5) is 23.0 Å². The Morgan fingerprint density at radius 1 is 1.15 bits per heavy atom. The second kappa shape index (κ2) is 9.03. The number of carbonyl (C=O) groups is 1. The van der Waals surface area contributed by atoms with Gasteiger partial charge in [0.05, 0.1) is 58.5 Å². The molecule has 2 fully saturated rings. The van der Waals surface area contributed by atoms with Crippen LogP contribution in [0.2, 0.25) is 0 Å². The number of thiophene rings is 1. The van der Waals surface area contributed by atoms with E-state index in [0.717, 1.165) is 53.2 Å². The lowest BCUT2D eigenvalue weighted by atomic mass is 9.77. The highest BCUT2D eigenvalue weighted by molar-refractivity contribution is 7.17. The number of nitrogens with one attached hydrogen (secondary N) is 2. The molecule has 1 spiro atoms. The number of methoxy groups -OCH3 is 1. The molecule has 0 saturated carbocycles. The first kappa shape index (κ1) is 23.6. The van der Waals surface area contributed by atoms with E-state index in [4.69, 9.17) is 19.4 Å². The number of benzene rings is 2. The van der Waals surface area contributed by atoms with Crippen molar-refractivity contribution in [2.24, 2.45) is 5.41 Å². The third-order valence-corrected chi connectivity index (χ3v) is 7.95. The summed E-state index contributed by atoms with van der Waals surface area (Å²) in [5.74, 6) is 1.27. The summed E-state index contributed by atoms with van der Waals surface area (Å²) in [5.41, 5.74) is 4.71. The van der Waals surface area contributed by atoms with Gasteiger partial charge in [-0.1, -0.05) is 23.9 Å². The van der Waals surface area contributed by atoms with E-state index >= 15 is 0 Å². The molecule has 5 heterocycles. The fourth-order valence-corrected chi connectivity index (χ4v) is 5.89. The molecule has 2 aliphatic rings. The van der Waals surface area contributed by atoms with Gasteiger partial charge in [0.1, 0.15) is 11.3 Å². The van der Waals surface area contributed by atoms with Crippen LogP contribution in [0.25, 0.3) is 27.1 Å². The summed E-state index contributed by atoms with van der Waals surface area (Å²) in [6.07, 6.45) is 1.25. The summed E-state index contributed by atoms with van der Waals surface area (Å²) in [6, 6.07) is 13.4. The molecule has 3 aromatic heterocycles. The minimum Gasteiger partial charge on any atom is -0.494 e. The molecule has 11 nitrogen and oxygen atoms in total. The van der Waals surface area contributed by atoms with Crippen LogP contribution in [-0.2, 0) is 9.53 Å². The molecule has 0 radical (unpaired) electrons. The summed E-state index contributed by atoms with van der Waals surface area (Å²) >= 11 is 1.54. The number of hydrogen-bond donors (Lipinski definition) is 2. The number of rotatable bonds is 7. The van der Waals surface area contributed by atoms with Gasteiger partial charge in [0.2, 0.25) is 11.9 Å². The van der Waals surface area contributed by atoms with Gasteiger partial charge in [0.15, 0.2) is 5.82 Å². The lowest BCUT2D eigenvalue weighted by molar-refractivity contribution is -0.127. The molecule has 5 aromatic rings. The average molecular weight is 541 g/mol. The number of amides is 1. The Kier molecular flexibility index (Phi) is 5.46. The zero-order valence-corrected chi connectivity index (χ0v) is 21.9. The molecule has 0 aliphatic carbocycles. The van der Waals surface area contributed by atoms with Crippen molar-refractivity contribution in [3.8, 4) is 11.6 Å². The number of nitrogens with zero attached hydrogens (tertiary/aromatic N) is 6. The number of aromatic nitrogens is 5. The number of hydrogen-bond acceptors (Lipinski definition) is 10. The standard InChI is InChI=1S/C27H24N8O3S/c1-3-23(36)28-18-10-19(22(37-2)11-21(18)34-12-27(13-34)14-38-15-27)30-26-29-17-8-9-39-24(17)25(31-26)35-20-7-5-4-6-16(20)32-33-35/h3-11H,1,12-15H2,2H3,(H,28,36)(H,29,30,31). The van der Waals surface area contributed by atoms with Crippen molar-refractivity contribution in [3.05, 3.63) is 60.5 Å². The molecule has 39 heavy (non-hydrogen) atoms. The highest BCUT2D eigenvalue weighted by atomic mass is 32.1. The summed E-state index contributed by atoms with van der Waals surface area (Å²) in [7, 11) is 1.61. The van der Waals surface area contributed by atoms with E-state index in [1.807, 2.05) is 47.8 Å². The number of ether oxygens (including phenoxy) is 2. The monoisotopic (exact) mass is 540 g/mol. The average Bonchev–Trinajstić information content (AvgIpc) is 3.55. The smallest absolute Gasteiger partial charge is 0.247 e. The maximum Gasteiger partial charge on any atom is 0.247 e. The molecule has 12 heteroatoms. The van der Waals surface area contributed by atoms with Crippen molar-refractivity contribution in [3.63, 3.8) is 0 Å². The van der Waals surface area contributed by atoms with Crippen LogP contribution >= 0.6 is 11.3 Å². The molecule has 2 saturated heterocycles. The fraction of sp³-hybridized carbons (Fsp3) is 0.222. The van der Waals surface area contributed by atoms with Gasteiger partial charge in [0.25, 0.3) is 0 Å². The van der Waals surface area contributed by atoms with Crippen LogP contribution in [-0.4, -0.2) is 64.3 Å². The predicted molar refractivity (Wildman–Crippen MR) is 150 cm³/mol. The summed E-state index contributed by atoms with van der Waals surface area (Å²) in [4.78, 5) is 24.1. The van der Waals surface area contributed by atoms with Gasteiger partial charge in [-0.15, -0.1) is 16.4 Å². The third-order valence-electron chi connectivity index (χ3n) is 7.06. The van der Waals surface area contributed by atoms with E-state index in [0.29, 0.717) is 28.9 Å². The Morgan fingerprint density at radius 3 is 2.77 bits per heavy atom. The van der Waals surface area contributed by atoms with Crippen LogP contribution < -0.4 is 20.3 Å². The van der Waals surface area contributed by atoms with Crippen molar-refractivity contribution in [2.75, 3.05) is 48.9 Å². The number of anilines is 4. The van der Waals surface area contributed by atoms with E-state index in [-0.39, 0.29) is 11.3 Å². The minimum atomic E-state index is -0.300. The molecule has 2 N–H and O–H groups in total. The lowest BCUT2D eigenvalue weighted by Crippen LogP contribution is -2.66. The van der Waals surface area contributed by atoms with Crippen molar-refractivity contribution in [2.45, 2.75) is 0 Å². The van der Waals surface area contributed by atoms with Gasteiger partial charge in [-0.2, -0.15) is 9.67 Å². The summed E-state index contributed by atoms with van der Waals surface area (Å²) < 4.78 is 13.8. The normalized spacial score (nSPS) is 15.7. The number of fused-ring (bicyclic) bond motifs is 2. The third kappa shape index (κ3) is 3.96. The Bertz CT molecular complexity index is 1750. The topological polar surface area (TPSA) is 119 Å². The quantitative estimate of drug-likeness (QED) is 0.294. The van der Waals surface area contributed by atoms with Gasteiger partial charge < -0.3 is 25.0 Å². The van der Waals surface area contributed by atoms with Gasteiger partial charge in [0, 0.05) is 19.2 Å². The maximum absolute atomic E-state index is 12.3. The van der Waals surface area contributed by atoms with E-state index in [1.165, 1.54) is 17.4 Å². The molecular formula is C27H24N8O3S. The number of para-hydroxylation sites is 1. The molecular weight excluding hydrogens is 516 g/mol. The van der Waals surface area contributed by atoms with E-state index in [1.54, 1.807) is 11.8 Å². The van der Waals surface area contributed by atoms with Gasteiger partial charge in [-0.25, -0.2) is 4.98 Å². The fourth-order valence-electron chi connectivity index (χ4n) is 5.08. The Hall–Kier alpha value is -4.55. The Labute approximate surface area is 227 Å². The van der Waals surface area contributed by atoms with Crippen LogP contribution in [0.3, 0.4) is 0 Å². The van der Waals surface area contributed by atoms with E-state index in [2.05, 4.69) is 32.4 Å². The van der Waals surface area contributed by atoms with Crippen LogP contribution in [0.5, 0.6) is 5.75 Å². The summed E-state index contributed by atoms with van der Waals surface area (Å²) in [5, 5.41) is 16.9. The first-order valence-corrected chi connectivity index (χ1v) is 13.2. The highest BCUT2D eigenvalue weighted by Gasteiger charge is 2.49. The van der Waals surface area contributed by atoms with Crippen molar-refractivity contribution in [1.29, 1.82) is 0 Å². The largest absolute Gasteiger partial charge is 0.494 e.